The maximum absolute atomic E-state index is 12.8. The average molecular weight is 372 g/mol. The minimum atomic E-state index is 0.0306. The second-order valence-electron chi connectivity index (χ2n) is 10.4. The third kappa shape index (κ3) is 3.17. The van der Waals surface area contributed by atoms with Crippen molar-refractivity contribution in [3.8, 4) is 0 Å². The standard InChI is InChI=1S/C24H37NO2/c26-23-21-9-3-4-10-22(21)24(27)25(23)15-14-17-7-5-11-20-18-8-2-1-6-16(18)12-13-19(17)20/h16-22H,1-15H2. The van der Waals surface area contributed by atoms with Crippen molar-refractivity contribution in [2.24, 2.45) is 41.4 Å². The van der Waals surface area contributed by atoms with Gasteiger partial charge in [-0.2, -0.15) is 0 Å². The zero-order chi connectivity index (χ0) is 18.4. The van der Waals surface area contributed by atoms with Crippen LogP contribution in [0.4, 0.5) is 0 Å². The van der Waals surface area contributed by atoms with Crippen LogP contribution in [0.25, 0.3) is 0 Å². The molecule has 3 heteroatoms. The van der Waals surface area contributed by atoms with Crippen LogP contribution in [0, 0.1) is 41.4 Å². The third-order valence-electron chi connectivity index (χ3n) is 9.31. The summed E-state index contributed by atoms with van der Waals surface area (Å²) in [6.45, 7) is 0.715. The van der Waals surface area contributed by atoms with Crippen LogP contribution >= 0.6 is 0 Å². The molecule has 5 fully saturated rings. The van der Waals surface area contributed by atoms with E-state index in [0.717, 1.165) is 61.7 Å². The molecule has 5 rings (SSSR count). The van der Waals surface area contributed by atoms with Crippen LogP contribution in [0.15, 0.2) is 0 Å². The molecule has 2 amide bonds. The monoisotopic (exact) mass is 371 g/mol. The second kappa shape index (κ2) is 7.52. The Labute approximate surface area is 164 Å². The molecular weight excluding hydrogens is 334 g/mol. The second-order valence-corrected chi connectivity index (χ2v) is 10.4. The van der Waals surface area contributed by atoms with Gasteiger partial charge in [0.25, 0.3) is 0 Å². The van der Waals surface area contributed by atoms with Gasteiger partial charge in [-0.25, -0.2) is 0 Å². The molecule has 0 bridgehead atoms. The molecule has 27 heavy (non-hydrogen) atoms. The van der Waals surface area contributed by atoms with Crippen LogP contribution < -0.4 is 0 Å². The minimum Gasteiger partial charge on any atom is -0.282 e. The van der Waals surface area contributed by atoms with Crippen LogP contribution in [0.1, 0.15) is 89.9 Å². The van der Waals surface area contributed by atoms with Crippen molar-refractivity contribution in [2.75, 3.05) is 6.54 Å². The number of hydrogen-bond donors (Lipinski definition) is 0. The van der Waals surface area contributed by atoms with Gasteiger partial charge in [0.1, 0.15) is 0 Å². The van der Waals surface area contributed by atoms with E-state index in [-0.39, 0.29) is 23.7 Å². The Hall–Kier alpha value is -0.860. The van der Waals surface area contributed by atoms with Crippen molar-refractivity contribution in [3.05, 3.63) is 0 Å². The molecule has 150 valence electrons. The predicted molar refractivity (Wildman–Crippen MR) is 106 cm³/mol. The molecule has 1 heterocycles. The first-order chi connectivity index (χ1) is 13.2. The van der Waals surface area contributed by atoms with Gasteiger partial charge < -0.3 is 0 Å². The summed E-state index contributed by atoms with van der Waals surface area (Å²) in [7, 11) is 0. The number of amides is 2. The number of carbonyl (C=O) groups excluding carboxylic acids is 2. The highest BCUT2D eigenvalue weighted by atomic mass is 16.2. The normalized spacial score (nSPS) is 44.6. The molecule has 0 aromatic rings. The molecular formula is C24H37NO2. The van der Waals surface area contributed by atoms with Gasteiger partial charge in [0.15, 0.2) is 0 Å². The van der Waals surface area contributed by atoms with Gasteiger partial charge in [0, 0.05) is 6.54 Å². The summed E-state index contributed by atoms with van der Waals surface area (Å²) in [6, 6.07) is 0. The van der Waals surface area contributed by atoms with Crippen molar-refractivity contribution in [1.29, 1.82) is 0 Å². The zero-order valence-corrected chi connectivity index (χ0v) is 16.9. The van der Waals surface area contributed by atoms with Crippen LogP contribution in [-0.2, 0) is 9.59 Å². The fourth-order valence-corrected chi connectivity index (χ4v) is 8.04. The summed E-state index contributed by atoms with van der Waals surface area (Å²) in [4.78, 5) is 27.3. The van der Waals surface area contributed by atoms with Gasteiger partial charge in [0.2, 0.25) is 11.8 Å². The third-order valence-corrected chi connectivity index (χ3v) is 9.31. The Morgan fingerprint density at radius 1 is 0.630 bits per heavy atom. The topological polar surface area (TPSA) is 37.4 Å². The summed E-state index contributed by atoms with van der Waals surface area (Å²) in [5.41, 5.74) is 0. The number of rotatable bonds is 3. The van der Waals surface area contributed by atoms with E-state index in [1.807, 2.05) is 0 Å². The molecule has 4 saturated carbocycles. The van der Waals surface area contributed by atoms with Gasteiger partial charge >= 0.3 is 0 Å². The fourth-order valence-electron chi connectivity index (χ4n) is 8.04. The predicted octanol–water partition coefficient (Wildman–Crippen LogP) is 5.18. The number of fused-ring (bicyclic) bond motifs is 4. The molecule has 0 aromatic heterocycles. The Morgan fingerprint density at radius 2 is 1.30 bits per heavy atom. The van der Waals surface area contributed by atoms with E-state index in [1.54, 1.807) is 4.90 Å². The van der Waals surface area contributed by atoms with E-state index >= 15 is 0 Å². The molecule has 5 aliphatic rings. The van der Waals surface area contributed by atoms with Crippen molar-refractivity contribution in [2.45, 2.75) is 89.9 Å². The lowest BCUT2D eigenvalue weighted by atomic mass is 9.55. The first kappa shape index (κ1) is 18.2. The van der Waals surface area contributed by atoms with Crippen LogP contribution in [0.3, 0.4) is 0 Å². The summed E-state index contributed by atoms with van der Waals surface area (Å²) in [5.74, 6) is 5.02. The number of hydrogen-bond acceptors (Lipinski definition) is 2. The van der Waals surface area contributed by atoms with Crippen molar-refractivity contribution in [3.63, 3.8) is 0 Å². The number of carbonyl (C=O) groups is 2. The van der Waals surface area contributed by atoms with E-state index in [9.17, 15) is 9.59 Å². The molecule has 0 spiro atoms. The van der Waals surface area contributed by atoms with Crippen LogP contribution in [-0.4, -0.2) is 23.3 Å². The zero-order valence-electron chi connectivity index (χ0n) is 16.9. The molecule has 3 nitrogen and oxygen atoms in total. The van der Waals surface area contributed by atoms with Crippen LogP contribution in [0.2, 0.25) is 0 Å². The van der Waals surface area contributed by atoms with E-state index in [0.29, 0.717) is 6.54 Å². The lowest BCUT2D eigenvalue weighted by Crippen LogP contribution is -2.43. The highest BCUT2D eigenvalue weighted by Crippen LogP contribution is 2.53. The maximum Gasteiger partial charge on any atom is 0.233 e. The molecule has 0 radical (unpaired) electrons. The smallest absolute Gasteiger partial charge is 0.233 e. The summed E-state index contributed by atoms with van der Waals surface area (Å²) < 4.78 is 0. The van der Waals surface area contributed by atoms with Gasteiger partial charge in [-0.05, 0) is 74.5 Å². The average Bonchev–Trinajstić information content (AvgIpc) is 2.96. The SMILES string of the molecule is O=C1C2CCCCC2C(=O)N1CCC1CCCC2C3CCCCC3CCC12. The van der Waals surface area contributed by atoms with Gasteiger partial charge in [-0.1, -0.05) is 44.9 Å². The molecule has 0 N–H and O–H groups in total. The van der Waals surface area contributed by atoms with E-state index in [2.05, 4.69) is 0 Å². The highest BCUT2D eigenvalue weighted by Gasteiger charge is 2.49. The van der Waals surface area contributed by atoms with Gasteiger partial charge in [-0.15, -0.1) is 0 Å². The first-order valence-electron chi connectivity index (χ1n) is 12.1. The van der Waals surface area contributed by atoms with Crippen molar-refractivity contribution in [1.82, 2.24) is 4.90 Å². The minimum absolute atomic E-state index is 0.0306. The van der Waals surface area contributed by atoms with E-state index in [1.165, 1.54) is 57.8 Å². The highest BCUT2D eigenvalue weighted by molar-refractivity contribution is 6.05. The lowest BCUT2D eigenvalue weighted by molar-refractivity contribution is -0.140. The van der Waals surface area contributed by atoms with E-state index in [4.69, 9.17) is 0 Å². The number of likely N-dealkylation sites (tertiary alicyclic amines) is 1. The van der Waals surface area contributed by atoms with Gasteiger partial charge in [-0.3, -0.25) is 14.5 Å². The maximum atomic E-state index is 12.8. The molecule has 0 aromatic carbocycles. The Bertz CT molecular complexity index is 563. The summed E-state index contributed by atoms with van der Waals surface area (Å²) in [6.07, 6.45) is 18.1. The fraction of sp³-hybridized carbons (Fsp3) is 0.917. The van der Waals surface area contributed by atoms with Crippen molar-refractivity contribution < 1.29 is 9.59 Å². The Balaban J connectivity index is 1.23. The quantitative estimate of drug-likeness (QED) is 0.641. The number of imide groups is 1. The number of nitrogens with zero attached hydrogens (tertiary/aromatic N) is 1. The molecule has 7 atom stereocenters. The Morgan fingerprint density at radius 3 is 2.07 bits per heavy atom. The molecule has 7 unspecified atom stereocenters. The van der Waals surface area contributed by atoms with Gasteiger partial charge in [0.05, 0.1) is 11.8 Å². The molecule has 4 aliphatic carbocycles. The first-order valence-corrected chi connectivity index (χ1v) is 12.1. The lowest BCUT2D eigenvalue weighted by Gasteiger charge is -2.51. The largest absolute Gasteiger partial charge is 0.282 e. The molecule has 1 saturated heterocycles. The van der Waals surface area contributed by atoms with Crippen LogP contribution in [0.5, 0.6) is 0 Å². The summed E-state index contributed by atoms with van der Waals surface area (Å²) in [5, 5.41) is 0. The van der Waals surface area contributed by atoms with E-state index < -0.39 is 0 Å². The summed E-state index contributed by atoms with van der Waals surface area (Å²) >= 11 is 0. The molecule has 1 aliphatic heterocycles. The Kier molecular flexibility index (Phi) is 5.06. The van der Waals surface area contributed by atoms with Crippen molar-refractivity contribution >= 4 is 11.8 Å².